The summed E-state index contributed by atoms with van der Waals surface area (Å²) >= 11 is 0. The van der Waals surface area contributed by atoms with E-state index in [9.17, 15) is 5.21 Å². The van der Waals surface area contributed by atoms with Gasteiger partial charge in [0.1, 0.15) is 0 Å². The zero-order valence-corrected chi connectivity index (χ0v) is 10.5. The summed E-state index contributed by atoms with van der Waals surface area (Å²) in [5.41, 5.74) is 3.34. The summed E-state index contributed by atoms with van der Waals surface area (Å²) in [5.74, 6) is 0. The third-order valence-corrected chi connectivity index (χ3v) is 2.85. The Labute approximate surface area is 100 Å². The molecule has 0 aliphatic heterocycles. The molecule has 0 spiro atoms. The van der Waals surface area contributed by atoms with Gasteiger partial charge in [0, 0.05) is 17.6 Å². The van der Waals surface area contributed by atoms with E-state index in [1.807, 2.05) is 12.1 Å². The highest BCUT2D eigenvalue weighted by molar-refractivity contribution is 5.60. The van der Waals surface area contributed by atoms with E-state index in [-0.39, 0.29) is 5.41 Å². The van der Waals surface area contributed by atoms with Gasteiger partial charge in [0.05, 0.1) is 0 Å². The minimum Gasteiger partial charge on any atom is -0.359 e. The summed E-state index contributed by atoms with van der Waals surface area (Å²) in [6.45, 7) is 8.18. The quantitative estimate of drug-likeness (QED) is 0.710. The zero-order valence-electron chi connectivity index (χ0n) is 10.5. The molecule has 0 unspecified atom stereocenters. The van der Waals surface area contributed by atoms with Crippen molar-refractivity contribution in [2.45, 2.75) is 33.1 Å². The van der Waals surface area contributed by atoms with Crippen LogP contribution in [0.2, 0.25) is 0 Å². The van der Waals surface area contributed by atoms with Gasteiger partial charge in [-0.15, -0.1) is 0 Å². The maximum atomic E-state index is 11.1. The summed E-state index contributed by atoms with van der Waals surface area (Å²) in [4.78, 5) is 0.424. The molecule has 0 bridgehead atoms. The van der Waals surface area contributed by atoms with Crippen molar-refractivity contribution in [3.05, 3.63) is 40.7 Å². The van der Waals surface area contributed by atoms with E-state index in [4.69, 9.17) is 0 Å². The van der Waals surface area contributed by atoms with Crippen molar-refractivity contribution in [2.75, 3.05) is 0 Å². The van der Waals surface area contributed by atoms with Crippen LogP contribution in [0, 0.1) is 12.1 Å². The van der Waals surface area contributed by atoms with Crippen molar-refractivity contribution in [1.82, 2.24) is 5.16 Å². The predicted octanol–water partition coefficient (Wildman–Crippen LogP) is 2.58. The molecule has 0 saturated carbocycles. The maximum absolute atomic E-state index is 11.1. The van der Waals surface area contributed by atoms with Crippen LogP contribution in [0.3, 0.4) is 0 Å². The first-order valence-electron chi connectivity index (χ1n) is 5.57. The Morgan fingerprint density at radius 3 is 2.18 bits per heavy atom. The molecule has 0 fully saturated rings. The molecule has 0 saturated heterocycles. The van der Waals surface area contributed by atoms with E-state index in [0.29, 0.717) is 16.3 Å². The van der Waals surface area contributed by atoms with Gasteiger partial charge in [0.15, 0.2) is 0 Å². The first kappa shape index (κ1) is 11.6. The van der Waals surface area contributed by atoms with Gasteiger partial charge in [0.2, 0.25) is 5.69 Å². The molecule has 1 aromatic heterocycles. The van der Waals surface area contributed by atoms with Crippen LogP contribution < -0.4 is 4.90 Å². The van der Waals surface area contributed by atoms with Crippen molar-refractivity contribution in [1.29, 1.82) is 0 Å². The first-order valence-corrected chi connectivity index (χ1v) is 5.57. The number of benzene rings is 1. The zero-order chi connectivity index (χ0) is 12.6. The van der Waals surface area contributed by atoms with Crippen molar-refractivity contribution in [2.24, 2.45) is 0 Å². The van der Waals surface area contributed by atoms with Crippen LogP contribution in [0.4, 0.5) is 0 Å². The first-order chi connectivity index (χ1) is 7.89. The van der Waals surface area contributed by atoms with Crippen molar-refractivity contribution in [3.63, 3.8) is 0 Å². The largest absolute Gasteiger partial charge is 0.359 e. The monoisotopic (exact) mass is 232 g/mol. The van der Waals surface area contributed by atoms with Crippen LogP contribution >= 0.6 is 0 Å². The maximum Gasteiger partial charge on any atom is 0.251 e. The normalized spacial score (nSPS) is 11.8. The second kappa shape index (κ2) is 3.87. The molecule has 1 heterocycles. The molecule has 90 valence electrons. The highest BCUT2D eigenvalue weighted by atomic mass is 16.8. The van der Waals surface area contributed by atoms with Crippen LogP contribution in [-0.2, 0) is 5.41 Å². The molecule has 0 amide bonds. The lowest BCUT2D eigenvalue weighted by atomic mass is 9.86. The van der Waals surface area contributed by atoms with Gasteiger partial charge < -0.3 is 5.21 Å². The van der Waals surface area contributed by atoms with Crippen molar-refractivity contribution < 1.29 is 9.53 Å². The minimum atomic E-state index is 0.121. The summed E-state index contributed by atoms with van der Waals surface area (Å²) in [6.07, 6.45) is 0. The molecule has 0 radical (unpaired) electrons. The third-order valence-electron chi connectivity index (χ3n) is 2.85. The van der Waals surface area contributed by atoms with E-state index in [1.54, 1.807) is 6.92 Å². The molecule has 2 aromatic rings. The van der Waals surface area contributed by atoms with Gasteiger partial charge in [-0.3, -0.25) is 4.63 Å². The van der Waals surface area contributed by atoms with E-state index < -0.39 is 0 Å². The Hall–Kier alpha value is -1.84. The number of hydrogen-bond donors (Lipinski definition) is 0. The van der Waals surface area contributed by atoms with Crippen LogP contribution in [0.15, 0.2) is 28.9 Å². The second-order valence-corrected chi connectivity index (χ2v) is 5.19. The lowest BCUT2D eigenvalue weighted by Gasteiger charge is -2.18. The fourth-order valence-electron chi connectivity index (χ4n) is 1.68. The molecule has 4 heteroatoms. The van der Waals surface area contributed by atoms with Gasteiger partial charge >= 0.3 is 0 Å². The molecular formula is C13H16N2O2. The smallest absolute Gasteiger partial charge is 0.251 e. The van der Waals surface area contributed by atoms with Crippen molar-refractivity contribution in [3.8, 4) is 11.3 Å². The Balaban J connectivity index is 2.40. The summed E-state index contributed by atoms with van der Waals surface area (Å²) in [6, 6.07) is 8.04. The van der Waals surface area contributed by atoms with Gasteiger partial charge in [-0.25, -0.2) is 0 Å². The average molecular weight is 232 g/mol. The molecule has 17 heavy (non-hydrogen) atoms. The van der Waals surface area contributed by atoms with E-state index in [1.165, 1.54) is 5.56 Å². The number of rotatable bonds is 1. The van der Waals surface area contributed by atoms with Gasteiger partial charge in [-0.2, -0.15) is 0 Å². The molecule has 2 rings (SSSR count). The number of aromatic nitrogens is 2. The fourth-order valence-corrected chi connectivity index (χ4v) is 1.68. The summed E-state index contributed by atoms with van der Waals surface area (Å²) in [5, 5.41) is 14.9. The van der Waals surface area contributed by atoms with E-state index in [2.05, 4.69) is 42.7 Å². The van der Waals surface area contributed by atoms with E-state index in [0.717, 1.165) is 5.56 Å². The minimum absolute atomic E-state index is 0.121. The van der Waals surface area contributed by atoms with E-state index >= 15 is 0 Å². The molecule has 0 aliphatic carbocycles. The fraction of sp³-hybridized carbons (Fsp3) is 0.385. The highest BCUT2D eigenvalue weighted by Crippen LogP contribution is 2.25. The molecule has 0 atom stereocenters. The molecule has 0 N–H and O–H groups in total. The standard InChI is InChI=1S/C13H16N2O2/c1-9-12(14-17-15(9)16)10-5-7-11(8-6-10)13(2,3)4/h5-8H,1-4H3. The van der Waals surface area contributed by atoms with Crippen molar-refractivity contribution >= 4 is 0 Å². The Morgan fingerprint density at radius 1 is 1.18 bits per heavy atom. The Bertz CT molecular complexity index is 521. The second-order valence-electron chi connectivity index (χ2n) is 5.19. The predicted molar refractivity (Wildman–Crippen MR) is 64.3 cm³/mol. The van der Waals surface area contributed by atoms with Crippen LogP contribution in [-0.4, -0.2) is 5.16 Å². The van der Waals surface area contributed by atoms with Crippen LogP contribution in [0.5, 0.6) is 0 Å². The molecule has 4 nitrogen and oxygen atoms in total. The van der Waals surface area contributed by atoms with Crippen LogP contribution in [0.25, 0.3) is 11.3 Å². The Kier molecular flexibility index (Phi) is 2.65. The van der Waals surface area contributed by atoms with Crippen LogP contribution in [0.1, 0.15) is 32.0 Å². The summed E-state index contributed by atoms with van der Waals surface area (Å²) in [7, 11) is 0. The molecule has 0 aliphatic rings. The topological polar surface area (TPSA) is 53.0 Å². The number of nitrogens with zero attached hydrogens (tertiary/aromatic N) is 2. The Morgan fingerprint density at radius 2 is 1.76 bits per heavy atom. The third kappa shape index (κ3) is 2.16. The molecule has 1 aromatic carbocycles. The number of hydrogen-bond acceptors (Lipinski definition) is 3. The van der Waals surface area contributed by atoms with Gasteiger partial charge in [0.25, 0.3) is 5.69 Å². The lowest BCUT2D eigenvalue weighted by Crippen LogP contribution is -2.25. The SMILES string of the molecule is Cc1c(-c2ccc(C(C)(C)C)cc2)no[n+]1[O-]. The average Bonchev–Trinajstić information content (AvgIpc) is 2.59. The van der Waals surface area contributed by atoms with Gasteiger partial charge in [-0.1, -0.05) is 45.0 Å². The lowest BCUT2D eigenvalue weighted by molar-refractivity contribution is -0.806. The highest BCUT2D eigenvalue weighted by Gasteiger charge is 2.18. The summed E-state index contributed by atoms with van der Waals surface area (Å²) < 4.78 is 4.56. The molecular weight excluding hydrogens is 216 g/mol. The van der Waals surface area contributed by atoms with Gasteiger partial charge in [-0.05, 0) is 15.9 Å².